The van der Waals surface area contributed by atoms with Crippen LogP contribution in [0, 0.1) is 0 Å². The Morgan fingerprint density at radius 2 is 1.90 bits per heavy atom. The first-order valence-corrected chi connectivity index (χ1v) is 8.34. The molecule has 0 aliphatic carbocycles. The van der Waals surface area contributed by atoms with E-state index in [0.29, 0.717) is 6.42 Å². The maximum absolute atomic E-state index is 12.8. The molecular formula is C17H29N3O. The minimum atomic E-state index is -0.382. The normalized spacial score (nSPS) is 17.7. The quantitative estimate of drug-likeness (QED) is 0.808. The van der Waals surface area contributed by atoms with Crippen LogP contribution in [0.25, 0.3) is 0 Å². The molecule has 2 heterocycles. The lowest BCUT2D eigenvalue weighted by atomic mass is 9.93. The molecule has 0 radical (unpaired) electrons. The zero-order valence-corrected chi connectivity index (χ0v) is 13.8. The summed E-state index contributed by atoms with van der Waals surface area (Å²) >= 11 is 0. The molecule has 1 aliphatic heterocycles. The summed E-state index contributed by atoms with van der Waals surface area (Å²) in [5.41, 5.74) is -0.382. The highest BCUT2D eigenvalue weighted by molar-refractivity contribution is 5.88. The van der Waals surface area contributed by atoms with E-state index in [2.05, 4.69) is 35.2 Å². The Balaban J connectivity index is 2.04. The van der Waals surface area contributed by atoms with Crippen molar-refractivity contribution < 1.29 is 4.79 Å². The Kier molecular flexibility index (Phi) is 5.57. The molecule has 1 aliphatic rings. The largest absolute Gasteiger partial charge is 0.335 e. The van der Waals surface area contributed by atoms with Crippen LogP contribution in [-0.2, 0) is 17.8 Å². The van der Waals surface area contributed by atoms with E-state index in [1.165, 1.54) is 25.7 Å². The van der Waals surface area contributed by atoms with Crippen LogP contribution in [-0.4, -0.2) is 38.9 Å². The molecule has 1 aromatic heterocycles. The number of nitrogens with zero attached hydrogens (tertiary/aromatic N) is 3. The van der Waals surface area contributed by atoms with E-state index in [1.54, 1.807) is 6.20 Å². The van der Waals surface area contributed by atoms with Crippen molar-refractivity contribution in [2.75, 3.05) is 13.1 Å². The lowest BCUT2D eigenvalue weighted by Crippen LogP contribution is -2.51. The van der Waals surface area contributed by atoms with Gasteiger partial charge in [0.25, 0.3) is 0 Å². The van der Waals surface area contributed by atoms with Gasteiger partial charge in [0.2, 0.25) is 0 Å². The van der Waals surface area contributed by atoms with Crippen molar-refractivity contribution in [2.24, 2.45) is 0 Å². The molecule has 21 heavy (non-hydrogen) atoms. The number of hydrogen-bond acceptors (Lipinski definition) is 3. The van der Waals surface area contributed by atoms with Crippen LogP contribution < -0.4 is 0 Å². The molecular weight excluding hydrogens is 262 g/mol. The molecule has 4 nitrogen and oxygen atoms in total. The van der Waals surface area contributed by atoms with Crippen molar-refractivity contribution in [1.82, 2.24) is 14.5 Å². The average molecular weight is 291 g/mol. The van der Waals surface area contributed by atoms with E-state index >= 15 is 0 Å². The number of imidazole rings is 1. The molecule has 0 atom stereocenters. The van der Waals surface area contributed by atoms with Crippen molar-refractivity contribution >= 4 is 5.78 Å². The van der Waals surface area contributed by atoms with E-state index in [4.69, 9.17) is 0 Å². The topological polar surface area (TPSA) is 38.1 Å². The molecule has 0 bridgehead atoms. The van der Waals surface area contributed by atoms with Crippen LogP contribution >= 0.6 is 0 Å². The molecule has 1 aromatic rings. The zero-order valence-electron chi connectivity index (χ0n) is 13.8. The van der Waals surface area contributed by atoms with Gasteiger partial charge in [-0.1, -0.05) is 19.8 Å². The van der Waals surface area contributed by atoms with Gasteiger partial charge in [0.05, 0.1) is 12.0 Å². The zero-order chi connectivity index (χ0) is 15.3. The third-order valence-corrected chi connectivity index (χ3v) is 4.66. The van der Waals surface area contributed by atoms with E-state index in [9.17, 15) is 4.79 Å². The third-order valence-electron chi connectivity index (χ3n) is 4.66. The van der Waals surface area contributed by atoms with Gasteiger partial charge in [0, 0.05) is 18.9 Å². The number of rotatable bonds is 6. The van der Waals surface area contributed by atoms with Gasteiger partial charge in [-0.2, -0.15) is 0 Å². The van der Waals surface area contributed by atoms with Crippen molar-refractivity contribution in [3.8, 4) is 0 Å². The van der Waals surface area contributed by atoms with Gasteiger partial charge in [-0.05, 0) is 46.2 Å². The van der Waals surface area contributed by atoms with Crippen molar-refractivity contribution in [3.63, 3.8) is 0 Å². The highest BCUT2D eigenvalue weighted by atomic mass is 16.1. The van der Waals surface area contributed by atoms with E-state index in [-0.39, 0.29) is 11.3 Å². The first-order chi connectivity index (χ1) is 10.1. The second-order valence-corrected chi connectivity index (χ2v) is 6.60. The van der Waals surface area contributed by atoms with E-state index in [1.807, 2.05) is 6.20 Å². The number of aromatic nitrogens is 2. The van der Waals surface area contributed by atoms with Gasteiger partial charge < -0.3 is 4.57 Å². The SMILES string of the molecule is CCCn1ccnc1CC(=O)C(C)(C)N1CCCCCC1. The van der Waals surface area contributed by atoms with Crippen molar-refractivity contribution in [2.45, 2.75) is 71.4 Å². The van der Waals surface area contributed by atoms with Crippen LogP contribution in [0.2, 0.25) is 0 Å². The molecule has 118 valence electrons. The smallest absolute Gasteiger partial charge is 0.160 e. The van der Waals surface area contributed by atoms with Gasteiger partial charge in [0.1, 0.15) is 5.82 Å². The number of carbonyl (C=O) groups is 1. The average Bonchev–Trinajstić information content (AvgIpc) is 2.73. The standard InChI is InChI=1S/C17H29N3O/c1-4-10-19-13-9-18-16(19)14-15(21)17(2,3)20-11-7-5-6-8-12-20/h9,13H,4-8,10-12,14H2,1-3H3. The second-order valence-electron chi connectivity index (χ2n) is 6.60. The van der Waals surface area contributed by atoms with Gasteiger partial charge in [-0.15, -0.1) is 0 Å². The number of ketones is 1. The van der Waals surface area contributed by atoms with Crippen molar-refractivity contribution in [3.05, 3.63) is 18.2 Å². The summed E-state index contributed by atoms with van der Waals surface area (Å²) < 4.78 is 2.11. The molecule has 0 amide bonds. The number of carbonyl (C=O) groups excluding carboxylic acids is 1. The number of likely N-dealkylation sites (tertiary alicyclic amines) is 1. The van der Waals surface area contributed by atoms with Crippen LogP contribution in [0.15, 0.2) is 12.4 Å². The highest BCUT2D eigenvalue weighted by Crippen LogP contribution is 2.22. The molecule has 0 unspecified atom stereocenters. The predicted molar refractivity (Wildman–Crippen MR) is 85.3 cm³/mol. The van der Waals surface area contributed by atoms with E-state index < -0.39 is 0 Å². The maximum atomic E-state index is 12.8. The fraction of sp³-hybridized carbons (Fsp3) is 0.765. The van der Waals surface area contributed by atoms with Crippen LogP contribution in [0.1, 0.15) is 58.7 Å². The minimum absolute atomic E-state index is 0.285. The highest BCUT2D eigenvalue weighted by Gasteiger charge is 2.34. The van der Waals surface area contributed by atoms with E-state index in [0.717, 1.165) is 31.9 Å². The second kappa shape index (κ2) is 7.21. The molecule has 4 heteroatoms. The van der Waals surface area contributed by atoms with Crippen molar-refractivity contribution in [1.29, 1.82) is 0 Å². The van der Waals surface area contributed by atoms with Crippen LogP contribution in [0.5, 0.6) is 0 Å². The Morgan fingerprint density at radius 1 is 1.24 bits per heavy atom. The van der Waals surface area contributed by atoms with Gasteiger partial charge in [0.15, 0.2) is 5.78 Å². The Labute approximate surface area is 128 Å². The number of Topliss-reactive ketones (excluding diaryl/α,β-unsaturated/α-hetero) is 1. The van der Waals surface area contributed by atoms with Gasteiger partial charge in [-0.25, -0.2) is 4.98 Å². The molecule has 0 saturated carbocycles. The molecule has 0 aromatic carbocycles. The summed E-state index contributed by atoms with van der Waals surface area (Å²) in [4.78, 5) is 19.6. The number of hydrogen-bond donors (Lipinski definition) is 0. The third kappa shape index (κ3) is 3.94. The molecule has 0 spiro atoms. The fourth-order valence-corrected chi connectivity index (χ4v) is 3.12. The monoisotopic (exact) mass is 291 g/mol. The summed E-state index contributed by atoms with van der Waals surface area (Å²) in [6, 6.07) is 0. The van der Waals surface area contributed by atoms with Gasteiger partial charge >= 0.3 is 0 Å². The lowest BCUT2D eigenvalue weighted by Gasteiger charge is -2.36. The Hall–Kier alpha value is -1.16. The summed E-state index contributed by atoms with van der Waals surface area (Å²) in [6.07, 6.45) is 10.3. The summed E-state index contributed by atoms with van der Waals surface area (Å²) in [7, 11) is 0. The lowest BCUT2D eigenvalue weighted by molar-refractivity contribution is -0.128. The fourth-order valence-electron chi connectivity index (χ4n) is 3.12. The predicted octanol–water partition coefficient (Wildman–Crippen LogP) is 3.06. The Bertz CT molecular complexity index is 456. The molecule has 1 fully saturated rings. The maximum Gasteiger partial charge on any atom is 0.160 e. The Morgan fingerprint density at radius 3 is 2.52 bits per heavy atom. The first kappa shape index (κ1) is 16.2. The molecule has 2 rings (SSSR count). The van der Waals surface area contributed by atoms with Crippen LogP contribution in [0.3, 0.4) is 0 Å². The summed E-state index contributed by atoms with van der Waals surface area (Å²) in [5, 5.41) is 0. The first-order valence-electron chi connectivity index (χ1n) is 8.34. The van der Waals surface area contributed by atoms with Gasteiger partial charge in [-0.3, -0.25) is 9.69 Å². The summed E-state index contributed by atoms with van der Waals surface area (Å²) in [6.45, 7) is 9.32. The molecule has 0 N–H and O–H groups in total. The molecule has 1 saturated heterocycles. The minimum Gasteiger partial charge on any atom is -0.335 e. The summed E-state index contributed by atoms with van der Waals surface area (Å²) in [5.74, 6) is 1.19. The number of aryl methyl sites for hydroxylation is 1. The van der Waals surface area contributed by atoms with Crippen LogP contribution in [0.4, 0.5) is 0 Å².